The van der Waals surface area contributed by atoms with Crippen LogP contribution < -0.4 is 0 Å². The Morgan fingerprint density at radius 1 is 1.55 bits per heavy atom. The van der Waals surface area contributed by atoms with Crippen molar-refractivity contribution >= 4 is 33.5 Å². The van der Waals surface area contributed by atoms with E-state index >= 15 is 0 Å². The molecular weight excluding hydrogens is 300 g/mol. The molecule has 0 bridgehead atoms. The highest BCUT2D eigenvalue weighted by molar-refractivity contribution is 8.76. The summed E-state index contributed by atoms with van der Waals surface area (Å²) in [5.74, 6) is -0.340. The van der Waals surface area contributed by atoms with Crippen molar-refractivity contribution in [1.82, 2.24) is 10.0 Å². The van der Waals surface area contributed by atoms with Crippen molar-refractivity contribution in [3.05, 3.63) is 24.4 Å². The van der Waals surface area contributed by atoms with E-state index in [4.69, 9.17) is 4.84 Å². The number of aromatic nitrogens is 1. The van der Waals surface area contributed by atoms with E-state index in [2.05, 4.69) is 4.98 Å². The lowest BCUT2D eigenvalue weighted by Crippen LogP contribution is -2.35. The van der Waals surface area contributed by atoms with Crippen LogP contribution in [0.5, 0.6) is 0 Å². The third-order valence-electron chi connectivity index (χ3n) is 2.50. The number of hydrogen-bond acceptors (Lipinski definition) is 7. The Kier molecular flexibility index (Phi) is 5.69. The molecule has 0 radical (unpaired) electrons. The maximum Gasteiger partial charge on any atom is 0.333 e. The summed E-state index contributed by atoms with van der Waals surface area (Å²) in [5, 5.41) is 11.1. The van der Waals surface area contributed by atoms with Gasteiger partial charge in [0.2, 0.25) is 0 Å². The van der Waals surface area contributed by atoms with Crippen molar-refractivity contribution in [3.63, 3.8) is 0 Å². The molecule has 0 aromatic carbocycles. The van der Waals surface area contributed by atoms with Crippen molar-refractivity contribution < 1.29 is 19.5 Å². The van der Waals surface area contributed by atoms with Gasteiger partial charge in [0.05, 0.1) is 6.42 Å². The zero-order valence-electron chi connectivity index (χ0n) is 10.6. The lowest BCUT2D eigenvalue weighted by molar-refractivity contribution is -0.220. The van der Waals surface area contributed by atoms with Crippen LogP contribution in [0.4, 0.5) is 0 Å². The summed E-state index contributed by atoms with van der Waals surface area (Å²) in [4.78, 5) is 31.8. The molecule has 1 amide bonds. The minimum Gasteiger partial charge on any atom is -0.370 e. The molecule has 1 saturated heterocycles. The van der Waals surface area contributed by atoms with E-state index in [1.165, 1.54) is 21.6 Å². The van der Waals surface area contributed by atoms with Gasteiger partial charge in [-0.2, -0.15) is 0 Å². The van der Waals surface area contributed by atoms with Crippen LogP contribution in [0.2, 0.25) is 0 Å². The molecule has 1 atom stereocenters. The smallest absolute Gasteiger partial charge is 0.333 e. The molecule has 2 heterocycles. The summed E-state index contributed by atoms with van der Waals surface area (Å²) < 4.78 is 0. The third-order valence-corrected chi connectivity index (χ3v) is 4.77. The fourth-order valence-corrected chi connectivity index (χ4v) is 3.39. The van der Waals surface area contributed by atoms with E-state index in [-0.39, 0.29) is 18.7 Å². The number of aliphatic hydroxyl groups is 1. The van der Waals surface area contributed by atoms with E-state index < -0.39 is 12.2 Å². The summed E-state index contributed by atoms with van der Waals surface area (Å²) >= 11 is 0. The number of carbonyl (C=O) groups is 2. The topological polar surface area (TPSA) is 79.7 Å². The molecule has 1 aliphatic heterocycles. The molecule has 108 valence electrons. The summed E-state index contributed by atoms with van der Waals surface area (Å²) in [6.07, 6.45) is 1.37. The van der Waals surface area contributed by atoms with Gasteiger partial charge >= 0.3 is 5.97 Å². The summed E-state index contributed by atoms with van der Waals surface area (Å²) in [6, 6.07) is 5.62. The summed E-state index contributed by atoms with van der Waals surface area (Å²) in [7, 11) is 2.96. The van der Waals surface area contributed by atoms with Gasteiger partial charge in [-0.15, -0.1) is 5.06 Å². The van der Waals surface area contributed by atoms with Gasteiger partial charge in [-0.1, -0.05) is 16.9 Å². The Balaban J connectivity index is 1.64. The van der Waals surface area contributed by atoms with Crippen molar-refractivity contribution in [2.24, 2.45) is 0 Å². The van der Waals surface area contributed by atoms with Crippen molar-refractivity contribution in [2.45, 2.75) is 30.5 Å². The van der Waals surface area contributed by atoms with Gasteiger partial charge < -0.3 is 9.94 Å². The van der Waals surface area contributed by atoms with Gasteiger partial charge in [-0.05, 0) is 22.9 Å². The average Bonchev–Trinajstić information content (AvgIpc) is 2.77. The SMILES string of the molecule is O=C(CCSSc1ccccn1)ON1C(=O)CCC1O. The van der Waals surface area contributed by atoms with E-state index in [1.807, 2.05) is 18.2 Å². The van der Waals surface area contributed by atoms with Crippen LogP contribution in [0.1, 0.15) is 19.3 Å². The summed E-state index contributed by atoms with van der Waals surface area (Å²) in [5.41, 5.74) is 0. The Hall–Kier alpha value is -1.25. The minimum atomic E-state index is -1.01. The van der Waals surface area contributed by atoms with E-state index in [0.29, 0.717) is 12.2 Å². The van der Waals surface area contributed by atoms with E-state index in [1.54, 1.807) is 6.20 Å². The molecule has 2 rings (SSSR count). The van der Waals surface area contributed by atoms with E-state index in [0.717, 1.165) is 10.1 Å². The number of amides is 1. The number of hydrogen-bond donors (Lipinski definition) is 1. The van der Waals surface area contributed by atoms with Crippen LogP contribution >= 0.6 is 21.6 Å². The zero-order valence-corrected chi connectivity index (χ0v) is 12.2. The van der Waals surface area contributed by atoms with Crippen LogP contribution in [0.3, 0.4) is 0 Å². The highest BCUT2D eigenvalue weighted by Crippen LogP contribution is 2.29. The fraction of sp³-hybridized carbons (Fsp3) is 0.417. The predicted molar refractivity (Wildman–Crippen MR) is 75.3 cm³/mol. The molecule has 6 nitrogen and oxygen atoms in total. The fourth-order valence-electron chi connectivity index (χ4n) is 1.54. The van der Waals surface area contributed by atoms with Crippen LogP contribution in [0.25, 0.3) is 0 Å². The quantitative estimate of drug-likeness (QED) is 0.631. The van der Waals surface area contributed by atoms with Gasteiger partial charge in [0.1, 0.15) is 5.03 Å². The largest absolute Gasteiger partial charge is 0.370 e. The minimum absolute atomic E-state index is 0.168. The lowest BCUT2D eigenvalue weighted by Gasteiger charge is -2.18. The predicted octanol–water partition coefficient (Wildman–Crippen LogP) is 1.61. The van der Waals surface area contributed by atoms with E-state index in [9.17, 15) is 14.7 Å². The number of rotatable bonds is 6. The highest BCUT2D eigenvalue weighted by atomic mass is 33.1. The van der Waals surface area contributed by atoms with Gasteiger partial charge in [-0.25, -0.2) is 9.78 Å². The summed E-state index contributed by atoms with van der Waals surface area (Å²) in [6.45, 7) is 0. The Morgan fingerprint density at radius 3 is 3.05 bits per heavy atom. The molecule has 0 aliphatic carbocycles. The number of aliphatic hydroxyl groups excluding tert-OH is 1. The number of nitrogens with zero attached hydrogens (tertiary/aromatic N) is 2. The second-order valence-corrected chi connectivity index (χ2v) is 6.46. The van der Waals surface area contributed by atoms with Crippen LogP contribution in [-0.4, -0.2) is 39.0 Å². The molecule has 8 heteroatoms. The van der Waals surface area contributed by atoms with Gasteiger partial charge in [0.25, 0.3) is 5.91 Å². The lowest BCUT2D eigenvalue weighted by atomic mass is 10.4. The molecule has 1 N–H and O–H groups in total. The standard InChI is InChI=1S/C12H14N2O4S2/c15-10-4-5-11(16)14(10)18-12(17)6-8-19-20-9-3-1-2-7-13-9/h1-3,7,10,15H,4-6,8H2. The van der Waals surface area contributed by atoms with Crippen LogP contribution in [-0.2, 0) is 14.4 Å². The van der Waals surface area contributed by atoms with Crippen LogP contribution in [0, 0.1) is 0 Å². The monoisotopic (exact) mass is 314 g/mol. The average molecular weight is 314 g/mol. The van der Waals surface area contributed by atoms with Gasteiger partial charge in [-0.3, -0.25) is 4.79 Å². The first-order chi connectivity index (χ1) is 9.66. The molecule has 1 aromatic rings. The van der Waals surface area contributed by atoms with Crippen molar-refractivity contribution in [2.75, 3.05) is 5.75 Å². The second-order valence-electron chi connectivity index (χ2n) is 4.03. The molecule has 20 heavy (non-hydrogen) atoms. The molecular formula is C12H14N2O4S2. The highest BCUT2D eigenvalue weighted by Gasteiger charge is 2.32. The maximum absolute atomic E-state index is 11.5. The zero-order chi connectivity index (χ0) is 14.4. The van der Waals surface area contributed by atoms with Crippen molar-refractivity contribution in [3.8, 4) is 0 Å². The first-order valence-corrected chi connectivity index (χ1v) is 8.40. The van der Waals surface area contributed by atoms with Gasteiger partial charge in [0.15, 0.2) is 6.23 Å². The second kappa shape index (κ2) is 7.51. The Labute approximate surface area is 124 Å². The maximum atomic E-state index is 11.5. The Bertz CT molecular complexity index is 472. The normalized spacial score (nSPS) is 18.4. The molecule has 1 unspecified atom stereocenters. The third kappa shape index (κ3) is 4.39. The molecule has 1 aromatic heterocycles. The molecule has 1 aliphatic rings. The molecule has 0 saturated carbocycles. The number of carbonyl (C=O) groups excluding carboxylic acids is 2. The first-order valence-electron chi connectivity index (χ1n) is 6.08. The molecule has 1 fully saturated rings. The van der Waals surface area contributed by atoms with Crippen LogP contribution in [0.15, 0.2) is 29.4 Å². The number of hydroxylamine groups is 2. The molecule has 0 spiro atoms. The first kappa shape index (κ1) is 15.1. The van der Waals surface area contributed by atoms with Gasteiger partial charge in [0, 0.05) is 24.8 Å². The number of pyridine rings is 1. The van der Waals surface area contributed by atoms with Crippen molar-refractivity contribution in [1.29, 1.82) is 0 Å². The Morgan fingerprint density at radius 2 is 2.40 bits per heavy atom.